The van der Waals surface area contributed by atoms with Crippen molar-refractivity contribution in [1.29, 1.82) is 0 Å². The minimum Gasteiger partial charge on any atom is -0.379 e. The maximum atomic E-state index is 13.5. The third kappa shape index (κ3) is 5.78. The molecule has 0 aliphatic carbocycles. The molecule has 32 heavy (non-hydrogen) atoms. The second kappa shape index (κ2) is 10.7. The van der Waals surface area contributed by atoms with Crippen molar-refractivity contribution in [1.82, 2.24) is 9.88 Å². The second-order valence-corrected chi connectivity index (χ2v) is 11.5. The molecule has 7 nitrogen and oxygen atoms in total. The lowest BCUT2D eigenvalue weighted by Gasteiger charge is -2.29. The molecule has 3 aromatic rings. The average molecular weight is 608 g/mol. The first-order chi connectivity index (χ1) is 14.8. The van der Waals surface area contributed by atoms with E-state index >= 15 is 0 Å². The van der Waals surface area contributed by atoms with Crippen molar-refractivity contribution in [2.24, 2.45) is 0 Å². The van der Waals surface area contributed by atoms with E-state index in [1.165, 1.54) is 17.6 Å². The summed E-state index contributed by atoms with van der Waals surface area (Å²) >= 11 is 3.50. The highest BCUT2D eigenvalue weighted by Crippen LogP contribution is 2.32. The summed E-state index contributed by atoms with van der Waals surface area (Å²) in [4.78, 5) is 22.4. The van der Waals surface area contributed by atoms with Crippen LogP contribution in [0.25, 0.3) is 10.2 Å². The van der Waals surface area contributed by atoms with Gasteiger partial charge in [-0.2, -0.15) is 0 Å². The summed E-state index contributed by atoms with van der Waals surface area (Å²) in [6.07, 6.45) is 1.19. The number of benzene rings is 2. The maximum absolute atomic E-state index is 13.5. The van der Waals surface area contributed by atoms with Crippen molar-refractivity contribution < 1.29 is 17.9 Å². The minimum absolute atomic E-state index is 0. The van der Waals surface area contributed by atoms with Crippen molar-refractivity contribution in [2.75, 3.05) is 50.5 Å². The van der Waals surface area contributed by atoms with Crippen LogP contribution in [0.2, 0.25) is 0 Å². The maximum Gasteiger partial charge on any atom is 0.261 e. The molecule has 0 bridgehead atoms. The molecule has 1 aliphatic rings. The minimum atomic E-state index is -3.32. The van der Waals surface area contributed by atoms with Crippen LogP contribution in [0.5, 0.6) is 0 Å². The van der Waals surface area contributed by atoms with Crippen LogP contribution in [0.1, 0.15) is 10.4 Å². The van der Waals surface area contributed by atoms with E-state index in [9.17, 15) is 13.2 Å². The number of fused-ring (bicyclic) bond motifs is 1. The Hall–Kier alpha value is -1.31. The van der Waals surface area contributed by atoms with Gasteiger partial charge in [-0.05, 0) is 52.9 Å². The highest BCUT2D eigenvalue weighted by molar-refractivity contribution is 14.1. The van der Waals surface area contributed by atoms with E-state index in [4.69, 9.17) is 4.74 Å². The Morgan fingerprint density at radius 2 is 1.94 bits per heavy atom. The average Bonchev–Trinajstić information content (AvgIpc) is 3.17. The van der Waals surface area contributed by atoms with Crippen molar-refractivity contribution in [3.8, 4) is 0 Å². The summed E-state index contributed by atoms with van der Waals surface area (Å²) < 4.78 is 30.9. The Kier molecular flexibility index (Phi) is 8.50. The van der Waals surface area contributed by atoms with Gasteiger partial charge in [-0.15, -0.1) is 12.4 Å². The number of hydrogen-bond acceptors (Lipinski definition) is 7. The molecule has 2 aromatic carbocycles. The molecule has 0 N–H and O–H groups in total. The Bertz CT molecular complexity index is 1210. The van der Waals surface area contributed by atoms with Crippen LogP contribution in [0.15, 0.2) is 47.4 Å². The summed E-state index contributed by atoms with van der Waals surface area (Å²) in [6, 6.07) is 12.4. The number of rotatable bonds is 6. The molecule has 1 saturated heterocycles. The van der Waals surface area contributed by atoms with E-state index in [2.05, 4.69) is 32.5 Å². The number of halogens is 2. The monoisotopic (exact) mass is 607 g/mol. The number of aromatic nitrogens is 1. The van der Waals surface area contributed by atoms with E-state index in [0.29, 0.717) is 42.5 Å². The van der Waals surface area contributed by atoms with Crippen molar-refractivity contribution in [2.45, 2.75) is 4.90 Å². The first kappa shape index (κ1) is 25.3. The predicted octanol–water partition coefficient (Wildman–Crippen LogP) is 3.71. The molecular formula is C21H23ClIN3O4S2. The summed E-state index contributed by atoms with van der Waals surface area (Å²) in [5.74, 6) is -0.111. The van der Waals surface area contributed by atoms with E-state index in [1.54, 1.807) is 23.1 Å². The highest BCUT2D eigenvalue weighted by atomic mass is 127. The SMILES string of the molecule is CS(=O)(=O)c1ccc2nc(N(CCN3CCOCC3)C(=O)c3ccccc3I)sc2c1.Cl. The molecule has 11 heteroatoms. The number of thiazole rings is 1. The molecule has 1 aliphatic heterocycles. The lowest BCUT2D eigenvalue weighted by molar-refractivity contribution is 0.0391. The number of morpholine rings is 1. The normalized spacial score (nSPS) is 14.8. The zero-order chi connectivity index (χ0) is 22.0. The third-order valence-electron chi connectivity index (χ3n) is 5.10. The Balaban J connectivity index is 0.00000289. The van der Waals surface area contributed by atoms with Gasteiger partial charge in [0.2, 0.25) is 0 Å². The van der Waals surface area contributed by atoms with Gasteiger partial charge in [-0.3, -0.25) is 14.6 Å². The van der Waals surface area contributed by atoms with Gasteiger partial charge < -0.3 is 4.74 Å². The fourth-order valence-corrected chi connectivity index (χ4v) is 5.74. The lowest BCUT2D eigenvalue weighted by atomic mass is 10.2. The first-order valence-corrected chi connectivity index (χ1v) is 13.6. The van der Waals surface area contributed by atoms with Crippen LogP contribution < -0.4 is 4.90 Å². The number of sulfone groups is 1. The van der Waals surface area contributed by atoms with E-state index in [1.807, 2.05) is 24.3 Å². The number of ether oxygens (including phenoxy) is 1. The summed E-state index contributed by atoms with van der Waals surface area (Å²) in [5.41, 5.74) is 1.31. The number of amides is 1. The molecule has 1 aromatic heterocycles. The Morgan fingerprint density at radius 1 is 1.22 bits per heavy atom. The molecule has 1 amide bonds. The lowest BCUT2D eigenvalue weighted by Crippen LogP contribution is -2.43. The molecule has 0 spiro atoms. The van der Waals surface area contributed by atoms with Gasteiger partial charge >= 0.3 is 0 Å². The quantitative estimate of drug-likeness (QED) is 0.398. The molecule has 0 unspecified atom stereocenters. The third-order valence-corrected chi connectivity index (χ3v) is 8.19. The van der Waals surface area contributed by atoms with Gasteiger partial charge in [0.25, 0.3) is 5.91 Å². The van der Waals surface area contributed by atoms with Gasteiger partial charge in [0.05, 0.1) is 33.9 Å². The topological polar surface area (TPSA) is 79.8 Å². The van der Waals surface area contributed by atoms with Crippen LogP contribution in [0.4, 0.5) is 5.13 Å². The molecular weight excluding hydrogens is 585 g/mol. The van der Waals surface area contributed by atoms with Gasteiger partial charge in [-0.1, -0.05) is 23.5 Å². The van der Waals surface area contributed by atoms with Crippen LogP contribution in [-0.4, -0.2) is 69.9 Å². The number of hydrogen-bond donors (Lipinski definition) is 0. The van der Waals surface area contributed by atoms with Crippen LogP contribution in [0.3, 0.4) is 0 Å². The van der Waals surface area contributed by atoms with Gasteiger partial charge in [0, 0.05) is 36.0 Å². The zero-order valence-electron chi connectivity index (χ0n) is 17.4. The molecule has 172 valence electrons. The van der Waals surface area contributed by atoms with E-state index in [-0.39, 0.29) is 23.2 Å². The number of carbonyl (C=O) groups excluding carboxylic acids is 1. The Labute approximate surface area is 211 Å². The number of anilines is 1. The largest absolute Gasteiger partial charge is 0.379 e. The predicted molar refractivity (Wildman–Crippen MR) is 138 cm³/mol. The molecule has 0 saturated carbocycles. The summed E-state index contributed by atoms with van der Waals surface area (Å²) in [7, 11) is -3.32. The molecule has 4 rings (SSSR count). The Morgan fingerprint density at radius 3 is 2.62 bits per heavy atom. The number of carbonyl (C=O) groups is 1. The fraction of sp³-hybridized carbons (Fsp3) is 0.333. The smallest absolute Gasteiger partial charge is 0.261 e. The van der Waals surface area contributed by atoms with Crippen LogP contribution >= 0.6 is 46.3 Å². The fourth-order valence-electron chi connectivity index (χ4n) is 3.37. The van der Waals surface area contributed by atoms with Crippen molar-refractivity contribution in [3.05, 3.63) is 51.6 Å². The standard InChI is InChI=1S/C21H22IN3O4S2.ClH/c1-31(27,28)15-6-7-18-19(14-15)30-21(23-18)25(9-8-24-10-12-29-13-11-24)20(26)16-4-2-3-5-17(16)22;/h2-7,14H,8-13H2,1H3;1H. The van der Waals surface area contributed by atoms with Crippen molar-refractivity contribution in [3.63, 3.8) is 0 Å². The van der Waals surface area contributed by atoms with Crippen molar-refractivity contribution >= 4 is 77.4 Å². The summed E-state index contributed by atoms with van der Waals surface area (Å²) in [5, 5.41) is 0.568. The molecule has 2 heterocycles. The first-order valence-electron chi connectivity index (χ1n) is 9.80. The molecule has 0 atom stereocenters. The van der Waals surface area contributed by atoms with Gasteiger partial charge in [0.1, 0.15) is 0 Å². The van der Waals surface area contributed by atoms with E-state index < -0.39 is 9.84 Å². The second-order valence-electron chi connectivity index (χ2n) is 7.29. The molecule has 0 radical (unpaired) electrons. The summed E-state index contributed by atoms with van der Waals surface area (Å²) in [6.45, 7) is 4.26. The van der Waals surface area contributed by atoms with Crippen LogP contribution in [0, 0.1) is 3.57 Å². The van der Waals surface area contributed by atoms with Gasteiger partial charge in [0.15, 0.2) is 15.0 Å². The number of nitrogens with zero attached hydrogens (tertiary/aromatic N) is 3. The van der Waals surface area contributed by atoms with Crippen LogP contribution in [-0.2, 0) is 14.6 Å². The van der Waals surface area contributed by atoms with E-state index in [0.717, 1.165) is 21.4 Å². The zero-order valence-corrected chi connectivity index (χ0v) is 22.0. The molecule has 1 fully saturated rings. The highest BCUT2D eigenvalue weighted by Gasteiger charge is 2.24. The van der Waals surface area contributed by atoms with Gasteiger partial charge in [-0.25, -0.2) is 13.4 Å².